The summed E-state index contributed by atoms with van der Waals surface area (Å²) >= 11 is 0. The van der Waals surface area contributed by atoms with Gasteiger partial charge in [0.05, 0.1) is 12.7 Å². The van der Waals surface area contributed by atoms with Gasteiger partial charge in [-0.25, -0.2) is 0 Å². The van der Waals surface area contributed by atoms with Crippen molar-refractivity contribution in [2.75, 3.05) is 39.8 Å². The Morgan fingerprint density at radius 2 is 2.40 bits per heavy atom. The lowest BCUT2D eigenvalue weighted by Crippen LogP contribution is -2.49. The SMILES string of the molecule is CN(CC1CC1)CC1CN(C(=O)c2ccn[nH]2)CCO1. The molecule has 3 rings (SSSR count). The van der Waals surface area contributed by atoms with Crippen LogP contribution in [0.4, 0.5) is 0 Å². The fraction of sp³-hybridized carbons (Fsp3) is 0.714. The summed E-state index contributed by atoms with van der Waals surface area (Å²) in [5, 5.41) is 6.56. The van der Waals surface area contributed by atoms with E-state index < -0.39 is 0 Å². The van der Waals surface area contributed by atoms with Gasteiger partial charge >= 0.3 is 0 Å². The van der Waals surface area contributed by atoms with Gasteiger partial charge < -0.3 is 14.5 Å². The quantitative estimate of drug-likeness (QED) is 0.856. The second-order valence-electron chi connectivity index (χ2n) is 5.88. The van der Waals surface area contributed by atoms with Gasteiger partial charge in [0.25, 0.3) is 5.91 Å². The van der Waals surface area contributed by atoms with Crippen LogP contribution in [0, 0.1) is 5.92 Å². The molecule has 1 aromatic heterocycles. The molecule has 1 amide bonds. The van der Waals surface area contributed by atoms with E-state index in [0.29, 0.717) is 25.4 Å². The maximum absolute atomic E-state index is 12.3. The molecule has 20 heavy (non-hydrogen) atoms. The maximum Gasteiger partial charge on any atom is 0.272 e. The lowest BCUT2D eigenvalue weighted by Gasteiger charge is -2.34. The normalized spacial score (nSPS) is 23.3. The zero-order valence-electron chi connectivity index (χ0n) is 11.9. The monoisotopic (exact) mass is 278 g/mol. The largest absolute Gasteiger partial charge is 0.373 e. The summed E-state index contributed by atoms with van der Waals surface area (Å²) in [4.78, 5) is 16.4. The number of carbonyl (C=O) groups excluding carboxylic acids is 1. The highest BCUT2D eigenvalue weighted by Gasteiger charge is 2.28. The van der Waals surface area contributed by atoms with Crippen LogP contribution in [0.1, 0.15) is 23.3 Å². The van der Waals surface area contributed by atoms with E-state index in [1.807, 2.05) is 4.90 Å². The predicted molar refractivity (Wildman–Crippen MR) is 74.5 cm³/mol. The lowest BCUT2D eigenvalue weighted by molar-refractivity contribution is -0.0335. The third-order valence-electron chi connectivity index (χ3n) is 3.94. The minimum atomic E-state index is 0.0145. The van der Waals surface area contributed by atoms with Crippen molar-refractivity contribution in [2.24, 2.45) is 5.92 Å². The number of nitrogens with zero attached hydrogens (tertiary/aromatic N) is 3. The number of hydrogen-bond acceptors (Lipinski definition) is 4. The number of rotatable bonds is 5. The number of aromatic nitrogens is 2. The molecule has 1 unspecified atom stereocenters. The Balaban J connectivity index is 1.51. The summed E-state index contributed by atoms with van der Waals surface area (Å²) in [6, 6.07) is 1.71. The summed E-state index contributed by atoms with van der Waals surface area (Å²) in [6.07, 6.45) is 4.44. The number of amides is 1. The zero-order valence-corrected chi connectivity index (χ0v) is 11.9. The highest BCUT2D eigenvalue weighted by Crippen LogP contribution is 2.29. The Hall–Kier alpha value is -1.40. The van der Waals surface area contributed by atoms with E-state index >= 15 is 0 Å². The number of morpholine rings is 1. The van der Waals surface area contributed by atoms with Gasteiger partial charge in [-0.05, 0) is 31.9 Å². The first kappa shape index (κ1) is 13.6. The summed E-state index contributed by atoms with van der Waals surface area (Å²) < 4.78 is 5.79. The Bertz CT molecular complexity index is 444. The second kappa shape index (κ2) is 5.93. The summed E-state index contributed by atoms with van der Waals surface area (Å²) in [5.74, 6) is 0.895. The van der Waals surface area contributed by atoms with E-state index in [0.717, 1.165) is 19.0 Å². The standard InChI is InChI=1S/C14H22N4O2/c1-17(8-11-2-3-11)9-12-10-18(6-7-20-12)14(19)13-4-5-15-16-13/h4-5,11-12H,2-3,6-10H2,1H3,(H,15,16). The van der Waals surface area contributed by atoms with Crippen LogP contribution in [0.15, 0.2) is 12.3 Å². The molecule has 1 aliphatic heterocycles. The van der Waals surface area contributed by atoms with Crippen molar-refractivity contribution >= 4 is 5.91 Å². The van der Waals surface area contributed by atoms with Gasteiger partial charge in [-0.15, -0.1) is 0 Å². The van der Waals surface area contributed by atoms with Gasteiger partial charge in [0, 0.05) is 32.4 Å². The summed E-state index contributed by atoms with van der Waals surface area (Å²) in [5.41, 5.74) is 0.553. The molecule has 1 saturated heterocycles. The third kappa shape index (κ3) is 3.37. The molecular formula is C14H22N4O2. The average molecular weight is 278 g/mol. The van der Waals surface area contributed by atoms with Crippen LogP contribution in [0.25, 0.3) is 0 Å². The van der Waals surface area contributed by atoms with Crippen LogP contribution in [0.5, 0.6) is 0 Å². The first-order valence-corrected chi connectivity index (χ1v) is 7.31. The molecule has 6 nitrogen and oxygen atoms in total. The molecule has 0 aromatic carbocycles. The molecular weight excluding hydrogens is 256 g/mol. The van der Waals surface area contributed by atoms with Gasteiger partial charge in [0.2, 0.25) is 0 Å². The molecule has 2 aliphatic rings. The van der Waals surface area contributed by atoms with E-state index in [9.17, 15) is 4.79 Å². The van der Waals surface area contributed by atoms with Gasteiger partial charge in [0.1, 0.15) is 5.69 Å². The molecule has 1 atom stereocenters. The van der Waals surface area contributed by atoms with Crippen molar-refractivity contribution in [3.8, 4) is 0 Å². The first-order chi connectivity index (χ1) is 9.72. The lowest BCUT2D eigenvalue weighted by atomic mass is 10.2. The molecule has 110 valence electrons. The minimum absolute atomic E-state index is 0.0145. The highest BCUT2D eigenvalue weighted by molar-refractivity contribution is 5.92. The molecule has 0 spiro atoms. The molecule has 0 radical (unpaired) electrons. The van der Waals surface area contributed by atoms with Crippen molar-refractivity contribution in [3.05, 3.63) is 18.0 Å². The van der Waals surface area contributed by atoms with E-state index in [1.165, 1.54) is 12.8 Å². The number of carbonyl (C=O) groups is 1. The van der Waals surface area contributed by atoms with E-state index in [2.05, 4.69) is 22.1 Å². The van der Waals surface area contributed by atoms with Gasteiger partial charge in [-0.1, -0.05) is 0 Å². The minimum Gasteiger partial charge on any atom is -0.373 e. The van der Waals surface area contributed by atoms with Gasteiger partial charge in [0.15, 0.2) is 0 Å². The number of hydrogen-bond donors (Lipinski definition) is 1. The number of ether oxygens (including phenoxy) is 1. The van der Waals surface area contributed by atoms with Crippen molar-refractivity contribution in [1.82, 2.24) is 20.0 Å². The molecule has 2 fully saturated rings. The molecule has 6 heteroatoms. The topological polar surface area (TPSA) is 61.5 Å². The smallest absolute Gasteiger partial charge is 0.272 e. The van der Waals surface area contributed by atoms with E-state index in [1.54, 1.807) is 12.3 Å². The number of aromatic amines is 1. The Morgan fingerprint density at radius 1 is 1.55 bits per heavy atom. The predicted octanol–water partition coefficient (Wildman–Crippen LogP) is 0.592. The molecule has 2 heterocycles. The Kier molecular flexibility index (Phi) is 4.03. The van der Waals surface area contributed by atoms with Gasteiger partial charge in [-0.3, -0.25) is 9.89 Å². The number of H-pyrrole nitrogens is 1. The van der Waals surface area contributed by atoms with Crippen molar-refractivity contribution in [3.63, 3.8) is 0 Å². The Labute approximate surface area is 119 Å². The maximum atomic E-state index is 12.3. The summed E-state index contributed by atoms with van der Waals surface area (Å²) in [7, 11) is 2.14. The molecule has 1 N–H and O–H groups in total. The highest BCUT2D eigenvalue weighted by atomic mass is 16.5. The van der Waals surface area contributed by atoms with Crippen molar-refractivity contribution in [1.29, 1.82) is 0 Å². The number of nitrogens with one attached hydrogen (secondary N) is 1. The fourth-order valence-electron chi connectivity index (χ4n) is 2.72. The van der Waals surface area contributed by atoms with Crippen LogP contribution in [0.3, 0.4) is 0 Å². The second-order valence-corrected chi connectivity index (χ2v) is 5.88. The van der Waals surface area contributed by atoms with Crippen LogP contribution < -0.4 is 0 Å². The molecule has 1 saturated carbocycles. The molecule has 1 aliphatic carbocycles. The van der Waals surface area contributed by atoms with Crippen LogP contribution in [-0.4, -0.2) is 71.8 Å². The van der Waals surface area contributed by atoms with Crippen molar-refractivity contribution < 1.29 is 9.53 Å². The third-order valence-corrected chi connectivity index (χ3v) is 3.94. The number of likely N-dealkylation sites (N-methyl/N-ethyl adjacent to an activating group) is 1. The fourth-order valence-corrected chi connectivity index (χ4v) is 2.72. The van der Waals surface area contributed by atoms with E-state index in [-0.39, 0.29) is 12.0 Å². The summed E-state index contributed by atoms with van der Waals surface area (Å²) in [6.45, 7) is 3.97. The molecule has 0 bridgehead atoms. The van der Waals surface area contributed by atoms with Crippen LogP contribution >= 0.6 is 0 Å². The van der Waals surface area contributed by atoms with Crippen LogP contribution in [0.2, 0.25) is 0 Å². The zero-order chi connectivity index (χ0) is 13.9. The Morgan fingerprint density at radius 3 is 3.10 bits per heavy atom. The van der Waals surface area contributed by atoms with Gasteiger partial charge in [-0.2, -0.15) is 5.10 Å². The van der Waals surface area contributed by atoms with Crippen LogP contribution in [-0.2, 0) is 4.74 Å². The average Bonchev–Trinajstić information content (AvgIpc) is 3.08. The van der Waals surface area contributed by atoms with Crippen molar-refractivity contribution in [2.45, 2.75) is 18.9 Å². The first-order valence-electron chi connectivity index (χ1n) is 7.31. The molecule has 1 aromatic rings. The van der Waals surface area contributed by atoms with E-state index in [4.69, 9.17) is 4.74 Å².